The van der Waals surface area contributed by atoms with Gasteiger partial charge in [-0.3, -0.25) is 0 Å². The van der Waals surface area contributed by atoms with E-state index in [1.165, 1.54) is 29.2 Å². The minimum atomic E-state index is -0.836. The minimum Gasteiger partial charge on any atom is -0.246 e. The summed E-state index contributed by atoms with van der Waals surface area (Å²) in [7, 11) is 0. The Labute approximate surface area is 90.1 Å². The molecule has 0 spiro atoms. The van der Waals surface area contributed by atoms with Gasteiger partial charge in [-0.25, -0.2) is 15.2 Å². The Bertz CT molecular complexity index is 314. The number of halogens is 1. The lowest BCUT2D eigenvalue weighted by atomic mass is 11.3. The molecule has 1 unspecified atom stereocenters. The molecule has 2 rings (SSSR count). The molecule has 1 aromatic rings. The number of aromatic nitrogens is 4. The van der Waals surface area contributed by atoms with E-state index in [2.05, 4.69) is 36.2 Å². The Morgan fingerprint density at radius 2 is 2.36 bits per heavy atom. The van der Waals surface area contributed by atoms with Gasteiger partial charge in [-0.2, -0.15) is 0 Å². The van der Waals surface area contributed by atoms with Crippen LogP contribution in [0.4, 0.5) is 0 Å². The van der Waals surface area contributed by atoms with Crippen molar-refractivity contribution in [2.45, 2.75) is 0 Å². The average Bonchev–Trinajstić information content (AvgIpc) is 2.76. The summed E-state index contributed by atoms with van der Waals surface area (Å²) in [6.07, 6.45) is 2.42. The Kier molecular flexibility index (Phi) is 3.46. The van der Waals surface area contributed by atoms with Gasteiger partial charge in [0.1, 0.15) is 11.6 Å². The molecule has 11 nitrogen and oxygen atoms in total. The largest absolute Gasteiger partial charge is 0.368 e. The number of nitro groups is 1. The standard InChI is InChI=1S/CHIN5O2.CH2N4/c2-7(6(8)9)1-3-4-5-7;1-2-4-5-3-1/h1H;1H,(H,2,3,4,5)/q+1;. The number of quaternary nitrogens is 1. The van der Waals surface area contributed by atoms with E-state index >= 15 is 0 Å². The smallest absolute Gasteiger partial charge is 0.246 e. The van der Waals surface area contributed by atoms with Crippen molar-refractivity contribution in [2.24, 2.45) is 15.5 Å². The fourth-order valence-electron chi connectivity index (χ4n) is 0.395. The van der Waals surface area contributed by atoms with E-state index in [0.717, 1.165) is 6.34 Å². The average molecular weight is 312 g/mol. The van der Waals surface area contributed by atoms with Gasteiger partial charge in [0, 0.05) is 5.22 Å². The van der Waals surface area contributed by atoms with Crippen molar-refractivity contribution in [3.05, 3.63) is 16.4 Å². The van der Waals surface area contributed by atoms with Crippen LogP contribution < -0.4 is 0 Å². The Morgan fingerprint density at radius 3 is 2.57 bits per heavy atom. The van der Waals surface area contributed by atoms with Crippen LogP contribution in [0.2, 0.25) is 0 Å². The maximum Gasteiger partial charge on any atom is 0.368 e. The van der Waals surface area contributed by atoms with Gasteiger partial charge in [-0.15, -0.1) is 5.10 Å². The first-order valence-corrected chi connectivity index (χ1v) is 3.99. The second kappa shape index (κ2) is 4.61. The summed E-state index contributed by atoms with van der Waals surface area (Å²) in [6.45, 7) is 0. The van der Waals surface area contributed by atoms with Crippen molar-refractivity contribution in [1.29, 1.82) is 0 Å². The molecule has 0 saturated carbocycles. The zero-order valence-electron chi connectivity index (χ0n) is 6.43. The SMILES string of the molecule is O=[N+]([O-])[N+]1(I)C=NN=N1.c1nnn[nH]1. The van der Waals surface area contributed by atoms with Gasteiger partial charge < -0.3 is 0 Å². The molecule has 1 aliphatic heterocycles. The van der Waals surface area contributed by atoms with Gasteiger partial charge in [-0.05, 0) is 10.4 Å². The Morgan fingerprint density at radius 1 is 1.57 bits per heavy atom. The lowest BCUT2D eigenvalue weighted by molar-refractivity contribution is -1.17. The zero-order valence-corrected chi connectivity index (χ0v) is 8.58. The van der Waals surface area contributed by atoms with Crippen LogP contribution in [0.5, 0.6) is 0 Å². The number of aromatic amines is 1. The van der Waals surface area contributed by atoms with Gasteiger partial charge in [0.15, 0.2) is 2.91 Å². The molecular weight excluding hydrogens is 309 g/mol. The summed E-state index contributed by atoms with van der Waals surface area (Å²) in [6, 6.07) is 0. The van der Waals surface area contributed by atoms with E-state index in [1.807, 2.05) is 0 Å². The molecule has 1 aliphatic rings. The maximum atomic E-state index is 10.0. The third-order valence-corrected chi connectivity index (χ3v) is 1.71. The van der Waals surface area contributed by atoms with Crippen LogP contribution >= 0.6 is 22.9 Å². The lowest BCUT2D eigenvalue weighted by Crippen LogP contribution is -2.33. The molecule has 12 heteroatoms. The highest BCUT2D eigenvalue weighted by Gasteiger charge is 2.42. The number of tetrazole rings is 1. The molecule has 0 fully saturated rings. The molecule has 14 heavy (non-hydrogen) atoms. The van der Waals surface area contributed by atoms with Crippen LogP contribution in [-0.2, 0) is 0 Å². The molecule has 0 bridgehead atoms. The van der Waals surface area contributed by atoms with Crippen molar-refractivity contribution in [1.82, 2.24) is 20.6 Å². The molecule has 1 aromatic heterocycles. The monoisotopic (exact) mass is 312 g/mol. The molecule has 1 atom stereocenters. The fraction of sp³-hybridized carbons (Fsp3) is 0. The van der Waals surface area contributed by atoms with Crippen LogP contribution in [0.25, 0.3) is 0 Å². The number of nitrogens with zero attached hydrogens (tertiary/aromatic N) is 8. The highest BCUT2D eigenvalue weighted by Crippen LogP contribution is 2.18. The first-order chi connectivity index (χ1) is 6.65. The number of hydrogen-bond acceptors (Lipinski definition) is 8. The third-order valence-electron chi connectivity index (χ3n) is 0.914. The van der Waals surface area contributed by atoms with Crippen LogP contribution in [0.3, 0.4) is 0 Å². The predicted molar refractivity (Wildman–Crippen MR) is 48.8 cm³/mol. The molecule has 0 amide bonds. The van der Waals surface area contributed by atoms with Gasteiger partial charge >= 0.3 is 29.2 Å². The molecule has 0 radical (unpaired) electrons. The van der Waals surface area contributed by atoms with Crippen LogP contribution in [0.1, 0.15) is 0 Å². The Hall–Kier alpha value is -1.57. The topological polar surface area (TPSA) is 135 Å². The van der Waals surface area contributed by atoms with Gasteiger partial charge in [-0.1, -0.05) is 5.10 Å². The van der Waals surface area contributed by atoms with Crippen molar-refractivity contribution in [2.75, 3.05) is 0 Å². The highest BCUT2D eigenvalue weighted by molar-refractivity contribution is 14.1. The van der Waals surface area contributed by atoms with Crippen molar-refractivity contribution in [3.8, 4) is 0 Å². The molecule has 1 N–H and O–H groups in total. The second-order valence-electron chi connectivity index (χ2n) is 1.78. The van der Waals surface area contributed by atoms with E-state index in [0.29, 0.717) is 0 Å². The first kappa shape index (κ1) is 10.5. The quantitative estimate of drug-likeness (QED) is 0.333. The van der Waals surface area contributed by atoms with Gasteiger partial charge in [0.25, 0.3) is 5.03 Å². The highest BCUT2D eigenvalue weighted by atomic mass is 127. The summed E-state index contributed by atoms with van der Waals surface area (Å²) >= 11 is 1.48. The van der Waals surface area contributed by atoms with E-state index < -0.39 is 7.95 Å². The number of nitrogens with one attached hydrogen (secondary N) is 1. The summed E-state index contributed by atoms with van der Waals surface area (Å²) < 4.78 is -0.836. The normalized spacial score (nSPS) is 22.9. The summed E-state index contributed by atoms with van der Waals surface area (Å²) in [4.78, 5) is 10.0. The predicted octanol–water partition coefficient (Wildman–Crippen LogP) is -0.131. The number of rotatable bonds is 1. The van der Waals surface area contributed by atoms with E-state index in [1.54, 1.807) is 0 Å². The molecular formula is C2H3IN9O2+. The fourth-order valence-corrected chi connectivity index (χ4v) is 0.593. The summed E-state index contributed by atoms with van der Waals surface area (Å²) in [5, 5.41) is 31.0. The number of H-pyrrole nitrogens is 1. The van der Waals surface area contributed by atoms with Crippen molar-refractivity contribution >= 4 is 29.2 Å². The molecule has 0 aromatic carbocycles. The first-order valence-electron chi connectivity index (χ1n) is 3.02. The maximum absolute atomic E-state index is 10.0. The van der Waals surface area contributed by atoms with Crippen LogP contribution in [0.15, 0.2) is 21.9 Å². The molecule has 0 saturated heterocycles. The zero-order chi connectivity index (χ0) is 10.4. The molecule has 2 heterocycles. The van der Waals surface area contributed by atoms with Crippen molar-refractivity contribution < 1.29 is 7.95 Å². The van der Waals surface area contributed by atoms with Crippen LogP contribution in [0, 0.1) is 10.1 Å². The third kappa shape index (κ3) is 2.73. The van der Waals surface area contributed by atoms with Crippen molar-refractivity contribution in [3.63, 3.8) is 0 Å². The van der Waals surface area contributed by atoms with Gasteiger partial charge in [0.05, 0.1) is 0 Å². The van der Waals surface area contributed by atoms with Gasteiger partial charge in [0.2, 0.25) is 0 Å². The number of hydrogen-bond donors (Lipinski definition) is 1. The molecule has 0 aliphatic carbocycles. The lowest BCUT2D eigenvalue weighted by Gasteiger charge is -1.96. The summed E-state index contributed by atoms with van der Waals surface area (Å²) in [5.41, 5.74) is 0. The van der Waals surface area contributed by atoms with E-state index in [4.69, 9.17) is 0 Å². The minimum absolute atomic E-state index is 0.624. The Balaban J connectivity index is 0.000000165. The molecule has 74 valence electrons. The second-order valence-corrected chi connectivity index (χ2v) is 3.20. The van der Waals surface area contributed by atoms with E-state index in [-0.39, 0.29) is 0 Å². The van der Waals surface area contributed by atoms with E-state index in [9.17, 15) is 10.1 Å². The van der Waals surface area contributed by atoms with Crippen LogP contribution in [-0.4, -0.2) is 34.9 Å². The summed E-state index contributed by atoms with van der Waals surface area (Å²) in [5.74, 6) is 0.